The maximum absolute atomic E-state index is 15.7. The summed E-state index contributed by atoms with van der Waals surface area (Å²) in [5.41, 5.74) is -0.963. The highest BCUT2D eigenvalue weighted by Gasteiger charge is 2.35. The second-order valence-electron chi connectivity index (χ2n) is 12.6. The van der Waals surface area contributed by atoms with Gasteiger partial charge in [-0.05, 0) is 23.3 Å². The molecular formula is C42H12F18O2S2. The highest BCUT2D eigenvalue weighted by atomic mass is 32.2. The van der Waals surface area contributed by atoms with Crippen LogP contribution in [0.15, 0.2) is 92.4 Å². The van der Waals surface area contributed by atoms with Crippen molar-refractivity contribution in [3.05, 3.63) is 178 Å². The van der Waals surface area contributed by atoms with Gasteiger partial charge in [-0.1, -0.05) is 84.2 Å². The number of halogens is 18. The molecule has 22 heteroatoms. The monoisotopic (exact) mass is 954 g/mol. The maximum Gasteiger partial charge on any atom is 0.205 e. The van der Waals surface area contributed by atoms with Gasteiger partial charge in [-0.2, -0.15) is 17.6 Å². The van der Waals surface area contributed by atoms with Crippen LogP contribution in [0.2, 0.25) is 0 Å². The van der Waals surface area contributed by atoms with Crippen molar-refractivity contribution >= 4 is 23.5 Å². The van der Waals surface area contributed by atoms with E-state index in [4.69, 9.17) is 9.47 Å². The highest BCUT2D eigenvalue weighted by molar-refractivity contribution is 7.99. The molecule has 0 aromatic heterocycles. The van der Waals surface area contributed by atoms with Crippen LogP contribution in [0.5, 0.6) is 23.0 Å². The van der Waals surface area contributed by atoms with Gasteiger partial charge in [0.2, 0.25) is 46.4 Å². The van der Waals surface area contributed by atoms with E-state index in [0.29, 0.717) is 0 Å². The first-order valence-corrected chi connectivity index (χ1v) is 18.6. The molecule has 0 saturated heterocycles. The summed E-state index contributed by atoms with van der Waals surface area (Å²) in [6.45, 7) is 0. The van der Waals surface area contributed by atoms with E-state index in [1.165, 1.54) is 60.7 Å². The molecule has 0 fully saturated rings. The topological polar surface area (TPSA) is 18.5 Å². The Balaban J connectivity index is 1.37. The Labute approximate surface area is 353 Å². The third-order valence-electron chi connectivity index (χ3n) is 8.79. The zero-order valence-electron chi connectivity index (χ0n) is 30.4. The van der Waals surface area contributed by atoms with Crippen molar-refractivity contribution in [1.82, 2.24) is 0 Å². The predicted octanol–water partition coefficient (Wildman–Crippen LogP) is 15.4. The fraction of sp³-hybridized carbons (Fsp3) is 0. The fourth-order valence-corrected chi connectivity index (χ4v) is 7.57. The first kappa shape index (κ1) is 45.6. The summed E-state index contributed by atoms with van der Waals surface area (Å²) in [7, 11) is 0. The van der Waals surface area contributed by atoms with Crippen LogP contribution in [0.4, 0.5) is 79.0 Å². The Morgan fingerprint density at radius 2 is 0.484 bits per heavy atom. The van der Waals surface area contributed by atoms with Crippen LogP contribution < -0.4 is 9.47 Å². The average molecular weight is 955 g/mol. The van der Waals surface area contributed by atoms with E-state index in [2.05, 4.69) is 0 Å². The molecule has 0 radical (unpaired) electrons. The molecule has 0 unspecified atom stereocenters. The van der Waals surface area contributed by atoms with Crippen molar-refractivity contribution < 1.29 is 88.5 Å². The fourth-order valence-electron chi connectivity index (χ4n) is 5.73. The zero-order valence-corrected chi connectivity index (χ0v) is 32.0. The first-order chi connectivity index (χ1) is 30.3. The largest absolute Gasteiger partial charge is 0.450 e. The zero-order chi connectivity index (χ0) is 46.6. The lowest BCUT2D eigenvalue weighted by Crippen LogP contribution is -2.07. The second kappa shape index (κ2) is 17.6. The lowest BCUT2D eigenvalue weighted by molar-refractivity contribution is 0.348. The van der Waals surface area contributed by atoms with Gasteiger partial charge in [0, 0.05) is 11.1 Å². The van der Waals surface area contributed by atoms with Crippen molar-refractivity contribution in [2.75, 3.05) is 0 Å². The third kappa shape index (κ3) is 7.81. The van der Waals surface area contributed by atoms with Crippen LogP contribution in [0.25, 0.3) is 22.3 Å². The van der Waals surface area contributed by atoms with Crippen LogP contribution in [0, 0.1) is 105 Å². The van der Waals surface area contributed by atoms with Crippen molar-refractivity contribution in [2.45, 2.75) is 19.6 Å². The van der Waals surface area contributed by atoms with Crippen LogP contribution in [0.1, 0.15) is 0 Å². The number of benzene rings is 7. The molecule has 7 rings (SSSR count). The van der Waals surface area contributed by atoms with Gasteiger partial charge in [0.1, 0.15) is 11.5 Å². The summed E-state index contributed by atoms with van der Waals surface area (Å²) in [5.74, 6) is -50.8. The van der Waals surface area contributed by atoms with E-state index in [0.717, 1.165) is 12.1 Å². The highest BCUT2D eigenvalue weighted by Crippen LogP contribution is 2.49. The summed E-state index contributed by atoms with van der Waals surface area (Å²) in [6, 6.07) is 14.9. The minimum Gasteiger partial charge on any atom is -0.450 e. The van der Waals surface area contributed by atoms with Gasteiger partial charge in [-0.3, -0.25) is 0 Å². The van der Waals surface area contributed by atoms with E-state index >= 15 is 35.1 Å². The number of ether oxygens (including phenoxy) is 2. The van der Waals surface area contributed by atoms with E-state index in [-0.39, 0.29) is 11.1 Å². The molecule has 330 valence electrons. The van der Waals surface area contributed by atoms with Gasteiger partial charge >= 0.3 is 0 Å². The SMILES string of the molecule is Fc1c(F)c(F)c(Sc2c(F)c(F)c(Oc3cc(-c4ccccc4)c(Oc4c(F)c(F)c(Sc5c(F)c(F)c(F)c(F)c5F)c(F)c4F)cc3-c3ccccc3)c(F)c2F)c(F)c1F. The van der Waals surface area contributed by atoms with Gasteiger partial charge in [-0.15, -0.1) is 0 Å². The summed E-state index contributed by atoms with van der Waals surface area (Å²) in [4.78, 5) is -7.75. The summed E-state index contributed by atoms with van der Waals surface area (Å²) < 4.78 is 275. The molecule has 0 aliphatic heterocycles. The Morgan fingerprint density at radius 1 is 0.266 bits per heavy atom. The quantitative estimate of drug-likeness (QED) is 0.0772. The van der Waals surface area contributed by atoms with E-state index in [9.17, 15) is 43.9 Å². The molecule has 0 spiro atoms. The van der Waals surface area contributed by atoms with Crippen molar-refractivity contribution in [3.63, 3.8) is 0 Å². The molecule has 0 aliphatic rings. The van der Waals surface area contributed by atoms with E-state index in [1.54, 1.807) is 0 Å². The summed E-state index contributed by atoms with van der Waals surface area (Å²) in [6.07, 6.45) is 0. The van der Waals surface area contributed by atoms with Gasteiger partial charge in [-0.25, -0.2) is 61.5 Å². The van der Waals surface area contributed by atoms with Crippen LogP contribution in [-0.2, 0) is 0 Å². The number of hydrogen-bond acceptors (Lipinski definition) is 4. The minimum atomic E-state index is -2.65. The van der Waals surface area contributed by atoms with Gasteiger partial charge in [0.05, 0.1) is 19.6 Å². The Bertz CT molecular complexity index is 2720. The molecule has 64 heavy (non-hydrogen) atoms. The van der Waals surface area contributed by atoms with Crippen molar-refractivity contribution in [2.24, 2.45) is 0 Å². The van der Waals surface area contributed by atoms with E-state index in [1.807, 2.05) is 0 Å². The molecular weight excluding hydrogens is 943 g/mol. The maximum atomic E-state index is 15.7. The molecule has 0 heterocycles. The smallest absolute Gasteiger partial charge is 0.205 e. The van der Waals surface area contributed by atoms with Crippen LogP contribution in [-0.4, -0.2) is 0 Å². The molecule has 0 saturated carbocycles. The second-order valence-corrected chi connectivity index (χ2v) is 14.7. The summed E-state index contributed by atoms with van der Waals surface area (Å²) in [5, 5.41) is 0. The lowest BCUT2D eigenvalue weighted by atomic mass is 9.97. The Hall–Kier alpha value is -6.42. The molecule has 7 aromatic rings. The Kier molecular flexibility index (Phi) is 12.6. The molecule has 0 bridgehead atoms. The average Bonchev–Trinajstić information content (AvgIpc) is 3.30. The molecule has 0 amide bonds. The lowest BCUT2D eigenvalue weighted by Gasteiger charge is -2.20. The van der Waals surface area contributed by atoms with Crippen LogP contribution >= 0.6 is 23.5 Å². The Morgan fingerprint density at radius 3 is 0.734 bits per heavy atom. The normalized spacial score (nSPS) is 11.4. The van der Waals surface area contributed by atoms with Gasteiger partial charge in [0.25, 0.3) is 0 Å². The molecule has 0 atom stereocenters. The predicted molar refractivity (Wildman–Crippen MR) is 191 cm³/mol. The number of hydrogen-bond donors (Lipinski definition) is 0. The summed E-state index contributed by atoms with van der Waals surface area (Å²) >= 11 is -1.81. The van der Waals surface area contributed by atoms with Crippen molar-refractivity contribution in [3.8, 4) is 45.3 Å². The standard InChI is InChI=1S/C42H12F18O2S2/c43-19-21(45)29(53)39(30(54)22(19)46)63-41-33(57)25(49)37(26(50)34(41)58)61-17-12-16(14-9-5-2-6-10-14)18(11-15(17)13-7-3-1-4-8-13)62-38-27(51)35(59)42(36(60)28(38)52)64-40-31(55)23(47)20(44)24(48)32(40)56/h1-12H. The van der Waals surface area contributed by atoms with Crippen molar-refractivity contribution in [1.29, 1.82) is 0 Å². The van der Waals surface area contributed by atoms with E-state index < -0.39 is 182 Å². The number of rotatable bonds is 10. The third-order valence-corrected chi connectivity index (χ3v) is 11.0. The molecule has 0 N–H and O–H groups in total. The molecule has 2 nitrogen and oxygen atoms in total. The van der Waals surface area contributed by atoms with Crippen LogP contribution in [0.3, 0.4) is 0 Å². The minimum absolute atomic E-state index is 0.0462. The first-order valence-electron chi connectivity index (χ1n) is 17.0. The van der Waals surface area contributed by atoms with Gasteiger partial charge < -0.3 is 9.47 Å². The van der Waals surface area contributed by atoms with Gasteiger partial charge in [0.15, 0.2) is 69.8 Å². The molecule has 0 aliphatic carbocycles. The molecule has 7 aromatic carbocycles.